The van der Waals surface area contributed by atoms with E-state index < -0.39 is 0 Å². The summed E-state index contributed by atoms with van der Waals surface area (Å²) in [4.78, 5) is 3.16. The molecule has 1 aliphatic heterocycles. The molecular formula is C15H21BrClN. The first-order chi connectivity index (χ1) is 8.56. The minimum Gasteiger partial charge on any atom is -0.299 e. The van der Waals surface area contributed by atoms with E-state index in [0.29, 0.717) is 4.83 Å². The molecule has 1 saturated heterocycles. The molecule has 0 spiro atoms. The fourth-order valence-electron chi connectivity index (χ4n) is 2.59. The van der Waals surface area contributed by atoms with Crippen molar-refractivity contribution in [2.75, 3.05) is 13.1 Å². The van der Waals surface area contributed by atoms with Crippen LogP contribution in [0.4, 0.5) is 0 Å². The molecule has 0 saturated carbocycles. The average molecular weight is 331 g/mol. The SMILES string of the molecule is Cc1ccc(CN2CCC(C(C)Br)CC2)c(Cl)c1. The van der Waals surface area contributed by atoms with Crippen LogP contribution in [0, 0.1) is 12.8 Å². The van der Waals surface area contributed by atoms with Gasteiger partial charge in [-0.15, -0.1) is 0 Å². The van der Waals surface area contributed by atoms with Crippen molar-refractivity contribution in [3.63, 3.8) is 0 Å². The molecule has 1 heterocycles. The largest absolute Gasteiger partial charge is 0.299 e. The van der Waals surface area contributed by atoms with Crippen molar-refractivity contribution >= 4 is 27.5 Å². The van der Waals surface area contributed by atoms with Crippen molar-refractivity contribution in [2.24, 2.45) is 5.92 Å². The van der Waals surface area contributed by atoms with Crippen LogP contribution in [0.5, 0.6) is 0 Å². The molecular weight excluding hydrogens is 310 g/mol. The Morgan fingerprint density at radius 3 is 2.61 bits per heavy atom. The quantitative estimate of drug-likeness (QED) is 0.730. The Labute approximate surface area is 124 Å². The van der Waals surface area contributed by atoms with Crippen LogP contribution in [0.15, 0.2) is 18.2 Å². The van der Waals surface area contributed by atoms with Gasteiger partial charge in [-0.2, -0.15) is 0 Å². The zero-order valence-corrected chi connectivity index (χ0v) is 13.5. The van der Waals surface area contributed by atoms with Crippen LogP contribution < -0.4 is 0 Å². The normalized spacial score (nSPS) is 20.0. The number of nitrogens with zero attached hydrogens (tertiary/aromatic N) is 1. The third-order valence-electron chi connectivity index (χ3n) is 3.88. The molecule has 1 unspecified atom stereocenters. The van der Waals surface area contributed by atoms with Gasteiger partial charge in [0.05, 0.1) is 0 Å². The highest BCUT2D eigenvalue weighted by molar-refractivity contribution is 9.09. The second kappa shape index (κ2) is 6.40. The lowest BCUT2D eigenvalue weighted by Gasteiger charge is -2.33. The third kappa shape index (κ3) is 3.72. The fourth-order valence-corrected chi connectivity index (χ4v) is 3.42. The molecule has 0 aromatic heterocycles. The minimum absolute atomic E-state index is 0.641. The summed E-state index contributed by atoms with van der Waals surface area (Å²) in [6.45, 7) is 7.70. The zero-order valence-electron chi connectivity index (χ0n) is 11.1. The predicted octanol–water partition coefficient (Wildman–Crippen LogP) is 4.64. The van der Waals surface area contributed by atoms with Crippen LogP contribution in [0.2, 0.25) is 5.02 Å². The molecule has 1 aromatic rings. The van der Waals surface area contributed by atoms with E-state index in [1.807, 2.05) is 0 Å². The highest BCUT2D eigenvalue weighted by atomic mass is 79.9. The molecule has 0 radical (unpaired) electrons. The summed E-state index contributed by atoms with van der Waals surface area (Å²) in [5, 5.41) is 0.908. The smallest absolute Gasteiger partial charge is 0.0453 e. The number of rotatable bonds is 3. The number of benzene rings is 1. The van der Waals surface area contributed by atoms with Gasteiger partial charge in [0.1, 0.15) is 0 Å². The lowest BCUT2D eigenvalue weighted by molar-refractivity contribution is 0.178. The second-order valence-electron chi connectivity index (χ2n) is 5.39. The average Bonchev–Trinajstić information content (AvgIpc) is 2.33. The number of alkyl halides is 1. The van der Waals surface area contributed by atoms with E-state index in [-0.39, 0.29) is 0 Å². The van der Waals surface area contributed by atoms with E-state index in [2.05, 4.69) is 52.9 Å². The maximum Gasteiger partial charge on any atom is 0.0453 e. The zero-order chi connectivity index (χ0) is 13.1. The summed E-state index contributed by atoms with van der Waals surface area (Å²) in [5.74, 6) is 0.828. The molecule has 100 valence electrons. The maximum atomic E-state index is 6.29. The van der Waals surface area contributed by atoms with Crippen LogP contribution >= 0.6 is 27.5 Å². The van der Waals surface area contributed by atoms with Gasteiger partial charge in [0.2, 0.25) is 0 Å². The van der Waals surface area contributed by atoms with Gasteiger partial charge >= 0.3 is 0 Å². The first-order valence-corrected chi connectivity index (χ1v) is 7.97. The van der Waals surface area contributed by atoms with Crippen molar-refractivity contribution < 1.29 is 0 Å². The van der Waals surface area contributed by atoms with Gasteiger partial charge in [-0.25, -0.2) is 0 Å². The van der Waals surface area contributed by atoms with Crippen molar-refractivity contribution in [2.45, 2.75) is 38.1 Å². The summed E-state index contributed by atoms with van der Waals surface area (Å²) in [7, 11) is 0. The van der Waals surface area contributed by atoms with E-state index in [0.717, 1.165) is 17.5 Å². The second-order valence-corrected chi connectivity index (χ2v) is 7.24. The van der Waals surface area contributed by atoms with Crippen LogP contribution in [0.25, 0.3) is 0 Å². The molecule has 2 rings (SSSR count). The fraction of sp³-hybridized carbons (Fsp3) is 0.600. The van der Waals surface area contributed by atoms with Crippen LogP contribution in [0.3, 0.4) is 0 Å². The van der Waals surface area contributed by atoms with Gasteiger partial charge in [0.15, 0.2) is 0 Å². The number of halogens is 2. The molecule has 0 amide bonds. The monoisotopic (exact) mass is 329 g/mol. The molecule has 1 aromatic carbocycles. The predicted molar refractivity (Wildman–Crippen MR) is 82.6 cm³/mol. The minimum atomic E-state index is 0.641. The molecule has 1 fully saturated rings. The van der Waals surface area contributed by atoms with Crippen molar-refractivity contribution in [3.05, 3.63) is 34.3 Å². The summed E-state index contributed by atoms with van der Waals surface area (Å²) >= 11 is 10.00. The lowest BCUT2D eigenvalue weighted by Crippen LogP contribution is -2.35. The van der Waals surface area contributed by atoms with E-state index >= 15 is 0 Å². The topological polar surface area (TPSA) is 3.24 Å². The Hall–Kier alpha value is -0.0500. The van der Waals surface area contributed by atoms with Gasteiger partial charge in [-0.05, 0) is 56.0 Å². The Balaban J connectivity index is 1.91. The first kappa shape index (κ1) is 14.4. The van der Waals surface area contributed by atoms with E-state index in [4.69, 9.17) is 11.6 Å². The summed E-state index contributed by atoms with van der Waals surface area (Å²) in [6, 6.07) is 6.37. The molecule has 1 aliphatic rings. The number of likely N-dealkylation sites (tertiary alicyclic amines) is 1. The molecule has 1 nitrogen and oxygen atoms in total. The standard InChI is InChI=1S/C15H21BrClN/c1-11-3-4-14(15(17)9-11)10-18-7-5-13(6-8-18)12(2)16/h3-4,9,12-13H,5-8,10H2,1-2H3. The molecule has 3 heteroatoms. The van der Waals surface area contributed by atoms with Crippen LogP contribution in [0.1, 0.15) is 30.9 Å². The van der Waals surface area contributed by atoms with Crippen LogP contribution in [-0.4, -0.2) is 22.8 Å². The van der Waals surface area contributed by atoms with Crippen molar-refractivity contribution in [1.29, 1.82) is 0 Å². The Morgan fingerprint density at radius 1 is 1.39 bits per heavy atom. The number of hydrogen-bond acceptors (Lipinski definition) is 1. The van der Waals surface area contributed by atoms with Gasteiger partial charge < -0.3 is 0 Å². The van der Waals surface area contributed by atoms with E-state index in [1.54, 1.807) is 0 Å². The highest BCUT2D eigenvalue weighted by Gasteiger charge is 2.22. The maximum absolute atomic E-state index is 6.29. The number of hydrogen-bond donors (Lipinski definition) is 0. The Kier molecular flexibility index (Phi) is 5.11. The van der Waals surface area contributed by atoms with Gasteiger partial charge in [0, 0.05) is 16.4 Å². The summed E-state index contributed by atoms with van der Waals surface area (Å²) in [6.07, 6.45) is 2.58. The first-order valence-electron chi connectivity index (χ1n) is 6.67. The van der Waals surface area contributed by atoms with E-state index in [9.17, 15) is 0 Å². The third-order valence-corrected chi connectivity index (χ3v) is 4.98. The molecule has 0 N–H and O–H groups in total. The number of piperidine rings is 1. The Bertz CT molecular complexity index is 397. The summed E-state index contributed by atoms with van der Waals surface area (Å²) in [5.41, 5.74) is 2.49. The molecule has 18 heavy (non-hydrogen) atoms. The lowest BCUT2D eigenvalue weighted by atomic mass is 9.94. The Morgan fingerprint density at radius 2 is 2.06 bits per heavy atom. The molecule has 0 aliphatic carbocycles. The van der Waals surface area contributed by atoms with Crippen molar-refractivity contribution in [1.82, 2.24) is 4.90 Å². The number of aryl methyl sites for hydroxylation is 1. The molecule has 1 atom stereocenters. The summed E-state index contributed by atoms with van der Waals surface area (Å²) < 4.78 is 0. The van der Waals surface area contributed by atoms with Gasteiger partial charge in [0.25, 0.3) is 0 Å². The highest BCUT2D eigenvalue weighted by Crippen LogP contribution is 2.27. The van der Waals surface area contributed by atoms with Crippen LogP contribution in [-0.2, 0) is 6.54 Å². The van der Waals surface area contributed by atoms with E-state index in [1.165, 1.54) is 37.1 Å². The van der Waals surface area contributed by atoms with Gasteiger partial charge in [-0.3, -0.25) is 4.90 Å². The molecule has 0 bridgehead atoms. The van der Waals surface area contributed by atoms with Crippen molar-refractivity contribution in [3.8, 4) is 0 Å². The van der Waals surface area contributed by atoms with Gasteiger partial charge in [-0.1, -0.05) is 46.6 Å².